The Balaban J connectivity index is 2.66. The number of ether oxygens (including phenoxy) is 3. The Morgan fingerprint density at radius 1 is 0.481 bits per heavy atom. The third-order valence-corrected chi connectivity index (χ3v) is 14.6. The molecule has 81 heavy (non-hydrogen) atoms. The van der Waals surface area contributed by atoms with Gasteiger partial charge in [0.05, 0.1) is 25.4 Å². The Morgan fingerprint density at radius 2 is 0.852 bits per heavy atom. The molecule has 1 fully saturated rings. The first-order chi connectivity index (χ1) is 39.7. The van der Waals surface area contributed by atoms with Crippen molar-refractivity contribution in [1.29, 1.82) is 0 Å². The van der Waals surface area contributed by atoms with E-state index in [1.165, 1.54) is 103 Å². The van der Waals surface area contributed by atoms with E-state index in [2.05, 4.69) is 111 Å². The average molecular weight is 1130 g/mol. The zero-order valence-electron chi connectivity index (χ0n) is 51.4. The lowest BCUT2D eigenvalue weighted by Gasteiger charge is -2.41. The SMILES string of the molecule is CCCCC/C=C\C/C=C\C/C=C\C/C=C\CCCCCCCCCCC(O)C(=O)NC(COC1OC(CO)C(O)C(O)C1OC(=O)CCC/C=C\C/C=C\C/C=C\C/C=C\CCCCC)C(O)/C=C/CCCCCCCCCCC. The summed E-state index contributed by atoms with van der Waals surface area (Å²) in [6, 6.07) is -1.05. The number of amides is 1. The quantitative estimate of drug-likeness (QED) is 0.0195. The molecule has 464 valence electrons. The summed E-state index contributed by atoms with van der Waals surface area (Å²) < 4.78 is 17.6. The Hall–Kier alpha value is -3.68. The molecule has 1 aliphatic rings. The van der Waals surface area contributed by atoms with Gasteiger partial charge in [0.25, 0.3) is 0 Å². The highest BCUT2D eigenvalue weighted by atomic mass is 16.7. The van der Waals surface area contributed by atoms with E-state index < -0.39 is 67.4 Å². The molecule has 11 nitrogen and oxygen atoms in total. The van der Waals surface area contributed by atoms with Crippen LogP contribution in [-0.4, -0.2) is 99.6 Å². The standard InChI is InChI=1S/C70H119NO10/c1-4-7-10-13-16-19-22-24-26-28-29-30-31-32-33-34-36-37-39-42-45-48-51-54-57-63(74)69(78)71-61(62(73)56-53-50-47-44-41-21-18-15-12-9-6-3)60-79-70-68(67(77)66(76)64(59-72)80-70)81-65(75)58-55-52-49-46-43-40-38-35-27-25-23-20-17-14-11-8-5-2/h16-17,19-20,24-27,29-30,32-33,38,40,46,49,53,56,61-64,66-68,70,72-74,76-77H,4-15,18,21-23,28,31,34-37,39,41-45,47-48,50-52,54-55,57-60H2,1-3H3,(H,71,78)/b19-16-,20-17-,26-24-,27-25-,30-29-,33-32-,40-38-,49-46-,56-53+. The van der Waals surface area contributed by atoms with Gasteiger partial charge in [-0.25, -0.2) is 0 Å². The summed E-state index contributed by atoms with van der Waals surface area (Å²) in [6.07, 6.45) is 67.0. The molecule has 0 aromatic carbocycles. The molecule has 1 aliphatic heterocycles. The minimum absolute atomic E-state index is 0.0420. The first-order valence-corrected chi connectivity index (χ1v) is 32.7. The zero-order valence-corrected chi connectivity index (χ0v) is 51.4. The fourth-order valence-corrected chi connectivity index (χ4v) is 9.45. The molecule has 8 atom stereocenters. The molecular formula is C70H119NO10. The second kappa shape index (κ2) is 56.8. The van der Waals surface area contributed by atoms with Crippen LogP contribution in [0.2, 0.25) is 0 Å². The summed E-state index contributed by atoms with van der Waals surface area (Å²) in [5, 5.41) is 57.0. The Morgan fingerprint density at radius 3 is 1.30 bits per heavy atom. The Bertz CT molecular complexity index is 1730. The van der Waals surface area contributed by atoms with E-state index in [0.29, 0.717) is 19.3 Å². The van der Waals surface area contributed by atoms with Gasteiger partial charge in [-0.3, -0.25) is 9.59 Å². The first-order valence-electron chi connectivity index (χ1n) is 32.7. The van der Waals surface area contributed by atoms with Crippen LogP contribution in [-0.2, 0) is 23.8 Å². The molecule has 6 N–H and O–H groups in total. The van der Waals surface area contributed by atoms with Gasteiger partial charge >= 0.3 is 5.97 Å². The lowest BCUT2D eigenvalue weighted by Crippen LogP contribution is -2.61. The van der Waals surface area contributed by atoms with Crippen molar-refractivity contribution in [3.8, 4) is 0 Å². The van der Waals surface area contributed by atoms with Gasteiger partial charge in [-0.05, 0) is 109 Å². The molecule has 0 aromatic heterocycles. The number of carbonyl (C=O) groups excluding carboxylic acids is 2. The monoisotopic (exact) mass is 1130 g/mol. The van der Waals surface area contributed by atoms with Gasteiger partial charge < -0.3 is 45.1 Å². The molecule has 1 heterocycles. The summed E-state index contributed by atoms with van der Waals surface area (Å²) in [6.45, 7) is 5.69. The maximum atomic E-state index is 13.4. The summed E-state index contributed by atoms with van der Waals surface area (Å²) >= 11 is 0. The topological polar surface area (TPSA) is 175 Å². The van der Waals surface area contributed by atoms with Crippen molar-refractivity contribution in [3.05, 3.63) is 109 Å². The molecule has 8 unspecified atom stereocenters. The predicted octanol–water partition coefficient (Wildman–Crippen LogP) is 16.1. The van der Waals surface area contributed by atoms with Gasteiger partial charge in [-0.15, -0.1) is 0 Å². The van der Waals surface area contributed by atoms with Gasteiger partial charge in [-0.1, -0.05) is 252 Å². The number of aliphatic hydroxyl groups excluding tert-OH is 5. The van der Waals surface area contributed by atoms with Crippen LogP contribution >= 0.6 is 0 Å². The normalized spacial score (nSPS) is 19.4. The number of nitrogens with one attached hydrogen (secondary N) is 1. The van der Waals surface area contributed by atoms with Crippen LogP contribution in [0.3, 0.4) is 0 Å². The maximum absolute atomic E-state index is 13.4. The highest BCUT2D eigenvalue weighted by Gasteiger charge is 2.47. The summed E-state index contributed by atoms with van der Waals surface area (Å²) in [5.41, 5.74) is 0. The van der Waals surface area contributed by atoms with E-state index in [4.69, 9.17) is 14.2 Å². The van der Waals surface area contributed by atoms with Gasteiger partial charge in [0.15, 0.2) is 12.4 Å². The molecule has 1 rings (SSSR count). The van der Waals surface area contributed by atoms with E-state index in [1.54, 1.807) is 6.08 Å². The zero-order chi connectivity index (χ0) is 58.9. The number of hydrogen-bond donors (Lipinski definition) is 6. The van der Waals surface area contributed by atoms with Gasteiger partial charge in [-0.2, -0.15) is 0 Å². The fraction of sp³-hybridized carbons (Fsp3) is 0.714. The van der Waals surface area contributed by atoms with Gasteiger partial charge in [0.2, 0.25) is 5.91 Å². The number of hydrogen-bond acceptors (Lipinski definition) is 10. The van der Waals surface area contributed by atoms with E-state index >= 15 is 0 Å². The molecule has 1 saturated heterocycles. The number of carbonyl (C=O) groups is 2. The van der Waals surface area contributed by atoms with Crippen LogP contribution in [0.25, 0.3) is 0 Å². The molecule has 0 radical (unpaired) electrons. The number of allylic oxidation sites excluding steroid dienone is 17. The van der Waals surface area contributed by atoms with E-state index in [-0.39, 0.29) is 19.4 Å². The van der Waals surface area contributed by atoms with Gasteiger partial charge in [0, 0.05) is 6.42 Å². The minimum Gasteiger partial charge on any atom is -0.454 e. The third-order valence-electron chi connectivity index (χ3n) is 14.6. The Kier molecular flexibility index (Phi) is 52.8. The highest BCUT2D eigenvalue weighted by molar-refractivity contribution is 5.80. The van der Waals surface area contributed by atoms with Crippen LogP contribution < -0.4 is 5.32 Å². The molecule has 0 aliphatic carbocycles. The molecule has 0 spiro atoms. The van der Waals surface area contributed by atoms with Crippen LogP contribution in [0, 0.1) is 0 Å². The van der Waals surface area contributed by atoms with Crippen LogP contribution in [0.5, 0.6) is 0 Å². The van der Waals surface area contributed by atoms with Gasteiger partial charge in [0.1, 0.15) is 24.4 Å². The van der Waals surface area contributed by atoms with Crippen molar-refractivity contribution < 1.29 is 49.3 Å². The first kappa shape index (κ1) is 75.3. The number of esters is 1. The molecule has 11 heteroatoms. The number of unbranched alkanes of at least 4 members (excludes halogenated alkanes) is 24. The number of rotatable bonds is 54. The fourth-order valence-electron chi connectivity index (χ4n) is 9.45. The van der Waals surface area contributed by atoms with E-state index in [0.717, 1.165) is 103 Å². The van der Waals surface area contributed by atoms with Crippen molar-refractivity contribution in [2.45, 2.75) is 307 Å². The van der Waals surface area contributed by atoms with Crippen LogP contribution in [0.1, 0.15) is 258 Å². The Labute approximate surface area is 494 Å². The van der Waals surface area contributed by atoms with Crippen molar-refractivity contribution in [1.82, 2.24) is 5.32 Å². The molecule has 0 aromatic rings. The average Bonchev–Trinajstić information content (AvgIpc) is 3.50. The van der Waals surface area contributed by atoms with Crippen molar-refractivity contribution >= 4 is 11.9 Å². The van der Waals surface area contributed by atoms with Crippen LogP contribution in [0.4, 0.5) is 0 Å². The van der Waals surface area contributed by atoms with Crippen molar-refractivity contribution in [2.75, 3.05) is 13.2 Å². The maximum Gasteiger partial charge on any atom is 0.306 e. The molecule has 0 saturated carbocycles. The largest absolute Gasteiger partial charge is 0.454 e. The van der Waals surface area contributed by atoms with Crippen LogP contribution in [0.15, 0.2) is 109 Å². The number of aliphatic hydroxyl groups is 5. The molecule has 1 amide bonds. The molecule has 0 bridgehead atoms. The van der Waals surface area contributed by atoms with Crippen molar-refractivity contribution in [3.63, 3.8) is 0 Å². The summed E-state index contributed by atoms with van der Waals surface area (Å²) in [4.78, 5) is 26.6. The second-order valence-electron chi connectivity index (χ2n) is 22.1. The minimum atomic E-state index is -1.64. The van der Waals surface area contributed by atoms with E-state index in [1.807, 2.05) is 18.2 Å². The molecular weight excluding hydrogens is 1010 g/mol. The van der Waals surface area contributed by atoms with Crippen molar-refractivity contribution in [2.24, 2.45) is 0 Å². The second-order valence-corrected chi connectivity index (χ2v) is 22.1. The summed E-state index contributed by atoms with van der Waals surface area (Å²) in [7, 11) is 0. The third kappa shape index (κ3) is 44.5. The lowest BCUT2D eigenvalue weighted by molar-refractivity contribution is -0.305. The lowest BCUT2D eigenvalue weighted by atomic mass is 9.99. The smallest absolute Gasteiger partial charge is 0.306 e. The van der Waals surface area contributed by atoms with E-state index in [9.17, 15) is 35.1 Å². The highest BCUT2D eigenvalue weighted by Crippen LogP contribution is 2.26. The predicted molar refractivity (Wildman–Crippen MR) is 338 cm³/mol. The summed E-state index contributed by atoms with van der Waals surface area (Å²) in [5.74, 6) is -1.27.